The van der Waals surface area contributed by atoms with Gasteiger partial charge in [-0.25, -0.2) is 0 Å². The lowest BCUT2D eigenvalue weighted by Crippen LogP contribution is -2.04. The van der Waals surface area contributed by atoms with E-state index >= 15 is 0 Å². The van der Waals surface area contributed by atoms with Crippen molar-refractivity contribution in [3.05, 3.63) is 65.2 Å². The molecular weight excluding hydrogens is 250 g/mol. The van der Waals surface area contributed by atoms with E-state index in [2.05, 4.69) is 40.7 Å². The number of hydrogen-bond donors (Lipinski definition) is 1. The Balaban J connectivity index is 2.04. The van der Waals surface area contributed by atoms with Crippen molar-refractivity contribution in [3.8, 4) is 5.75 Å². The second-order valence-electron chi connectivity index (χ2n) is 4.85. The highest BCUT2D eigenvalue weighted by molar-refractivity contribution is 5.46. The zero-order valence-electron chi connectivity index (χ0n) is 11.2. The van der Waals surface area contributed by atoms with Gasteiger partial charge in [0.15, 0.2) is 0 Å². The van der Waals surface area contributed by atoms with E-state index in [4.69, 9.17) is 10.6 Å². The molecule has 0 fully saturated rings. The van der Waals surface area contributed by atoms with Crippen LogP contribution < -0.4 is 10.6 Å². The molecule has 4 nitrogen and oxygen atoms in total. The molecule has 0 aromatic heterocycles. The Morgan fingerprint density at radius 1 is 1.05 bits per heavy atom. The predicted molar refractivity (Wildman–Crippen MR) is 77.6 cm³/mol. The molecule has 1 aliphatic rings. The summed E-state index contributed by atoms with van der Waals surface area (Å²) < 4.78 is 5.93. The largest absolute Gasteiger partial charge is 0.489 e. The molecule has 4 heteroatoms. The lowest BCUT2D eigenvalue weighted by atomic mass is 9.86. The molecule has 1 aliphatic heterocycles. The Hall–Kier alpha value is -2.36. The van der Waals surface area contributed by atoms with Crippen LogP contribution in [0.3, 0.4) is 0 Å². The van der Waals surface area contributed by atoms with E-state index in [9.17, 15) is 0 Å². The second kappa shape index (κ2) is 5.74. The second-order valence-corrected chi connectivity index (χ2v) is 4.85. The molecule has 1 heterocycles. The molecule has 0 saturated carbocycles. The Kier molecular flexibility index (Phi) is 3.63. The van der Waals surface area contributed by atoms with Gasteiger partial charge in [-0.2, -0.15) is 5.11 Å². The minimum absolute atomic E-state index is 0.274. The molecule has 0 bridgehead atoms. The first-order valence-electron chi connectivity index (χ1n) is 6.76. The third-order valence-electron chi connectivity index (χ3n) is 3.71. The summed E-state index contributed by atoms with van der Waals surface area (Å²) in [6.07, 6.45) is 0.873. The van der Waals surface area contributed by atoms with E-state index in [0.717, 1.165) is 12.2 Å². The average Bonchev–Trinajstić information content (AvgIpc) is 2.66. The molecule has 0 aliphatic carbocycles. The summed E-state index contributed by atoms with van der Waals surface area (Å²) in [5, 5.41) is 7.25. The van der Waals surface area contributed by atoms with Crippen LogP contribution in [0.15, 0.2) is 58.9 Å². The summed E-state index contributed by atoms with van der Waals surface area (Å²) in [6, 6.07) is 16.6. The maximum absolute atomic E-state index is 5.93. The van der Waals surface area contributed by atoms with Crippen molar-refractivity contribution in [2.45, 2.75) is 18.9 Å². The smallest absolute Gasteiger partial charge is 0.123 e. The number of para-hydroxylation sites is 1. The molecule has 3 rings (SSSR count). The molecular formula is C16H17N3O. The zero-order chi connectivity index (χ0) is 13.8. The van der Waals surface area contributed by atoms with Gasteiger partial charge in [0, 0.05) is 11.5 Å². The summed E-state index contributed by atoms with van der Waals surface area (Å²) in [5.41, 5.74) is 3.76. The van der Waals surface area contributed by atoms with Gasteiger partial charge in [-0.15, -0.1) is 0 Å². The van der Waals surface area contributed by atoms with Crippen molar-refractivity contribution in [3.63, 3.8) is 0 Å². The van der Waals surface area contributed by atoms with Crippen LogP contribution in [0, 0.1) is 0 Å². The van der Waals surface area contributed by atoms with Crippen molar-refractivity contribution in [2.24, 2.45) is 16.2 Å². The fourth-order valence-corrected chi connectivity index (χ4v) is 2.78. The highest BCUT2D eigenvalue weighted by Crippen LogP contribution is 2.39. The highest BCUT2D eigenvalue weighted by atomic mass is 16.5. The lowest BCUT2D eigenvalue weighted by molar-refractivity contribution is 0.306. The van der Waals surface area contributed by atoms with Crippen molar-refractivity contribution in [1.82, 2.24) is 0 Å². The number of ether oxygens (including phenoxy) is 1. The van der Waals surface area contributed by atoms with Gasteiger partial charge in [0.05, 0.1) is 6.54 Å². The Morgan fingerprint density at radius 2 is 1.80 bits per heavy atom. The number of benzene rings is 2. The summed E-state index contributed by atoms with van der Waals surface area (Å²) in [6.45, 7) is 1.23. The quantitative estimate of drug-likeness (QED) is 0.526. The van der Waals surface area contributed by atoms with Crippen LogP contribution in [0.4, 0.5) is 0 Å². The van der Waals surface area contributed by atoms with Crippen molar-refractivity contribution < 1.29 is 4.74 Å². The summed E-state index contributed by atoms with van der Waals surface area (Å²) >= 11 is 0. The van der Waals surface area contributed by atoms with Crippen LogP contribution in [-0.2, 0) is 6.61 Å². The van der Waals surface area contributed by atoms with Crippen LogP contribution in [0.25, 0.3) is 0 Å². The minimum Gasteiger partial charge on any atom is -0.489 e. The van der Waals surface area contributed by atoms with E-state index in [-0.39, 0.29) is 5.92 Å². The summed E-state index contributed by atoms with van der Waals surface area (Å²) in [4.78, 5) is 0. The van der Waals surface area contributed by atoms with Crippen LogP contribution in [-0.4, -0.2) is 6.54 Å². The van der Waals surface area contributed by atoms with Gasteiger partial charge in [0.25, 0.3) is 0 Å². The first-order valence-corrected chi connectivity index (χ1v) is 6.76. The van der Waals surface area contributed by atoms with Crippen LogP contribution in [0.2, 0.25) is 0 Å². The molecule has 1 atom stereocenters. The fraction of sp³-hybridized carbons (Fsp3) is 0.250. The van der Waals surface area contributed by atoms with Gasteiger partial charge >= 0.3 is 0 Å². The Bertz CT molecular complexity index is 577. The van der Waals surface area contributed by atoms with E-state index < -0.39 is 0 Å². The minimum atomic E-state index is 0.274. The summed E-state index contributed by atoms with van der Waals surface area (Å²) in [5.74, 6) is 6.33. The van der Waals surface area contributed by atoms with Gasteiger partial charge in [-0.05, 0) is 23.6 Å². The predicted octanol–water partition coefficient (Wildman–Crippen LogP) is 3.43. The van der Waals surface area contributed by atoms with Gasteiger partial charge in [0.2, 0.25) is 0 Å². The molecule has 102 valence electrons. The third kappa shape index (κ3) is 2.37. The average molecular weight is 267 g/mol. The standard InChI is InChI=1S/C16H17N3O/c17-19-18-10-9-14-13-6-2-1-5-12(13)11-20-16-8-4-3-7-15(14)16/h1-8,14H,9-11H2,(H2,17,18). The van der Waals surface area contributed by atoms with Gasteiger partial charge < -0.3 is 10.6 Å². The number of rotatable bonds is 3. The van der Waals surface area contributed by atoms with E-state index in [0.29, 0.717) is 13.2 Å². The molecule has 0 saturated heterocycles. The van der Waals surface area contributed by atoms with Gasteiger partial charge in [-0.1, -0.05) is 47.7 Å². The Labute approximate surface area is 118 Å². The van der Waals surface area contributed by atoms with Crippen molar-refractivity contribution in [2.75, 3.05) is 6.54 Å². The number of fused-ring (bicyclic) bond motifs is 2. The fourth-order valence-electron chi connectivity index (χ4n) is 2.78. The normalized spacial score (nSPS) is 17.1. The summed E-state index contributed by atoms with van der Waals surface area (Å²) in [7, 11) is 0. The molecule has 2 N–H and O–H groups in total. The monoisotopic (exact) mass is 267 g/mol. The van der Waals surface area contributed by atoms with E-state index in [1.165, 1.54) is 16.7 Å². The maximum atomic E-state index is 5.93. The van der Waals surface area contributed by atoms with Crippen molar-refractivity contribution in [1.29, 1.82) is 0 Å². The SMILES string of the molecule is NN=NCCC1c2ccccc2COc2ccccc21. The number of hydrogen-bond acceptors (Lipinski definition) is 3. The molecule has 1 unspecified atom stereocenters. The van der Waals surface area contributed by atoms with Gasteiger partial charge in [-0.3, -0.25) is 0 Å². The molecule has 0 radical (unpaired) electrons. The molecule has 2 aromatic rings. The third-order valence-corrected chi connectivity index (χ3v) is 3.71. The number of nitrogens with two attached hydrogens (primary N) is 1. The van der Waals surface area contributed by atoms with Crippen molar-refractivity contribution >= 4 is 0 Å². The topological polar surface area (TPSA) is 60.0 Å². The first-order chi connectivity index (χ1) is 9.90. The van der Waals surface area contributed by atoms with Crippen LogP contribution in [0.1, 0.15) is 29.0 Å². The molecule has 20 heavy (non-hydrogen) atoms. The van der Waals surface area contributed by atoms with Crippen LogP contribution >= 0.6 is 0 Å². The maximum Gasteiger partial charge on any atom is 0.123 e. The Morgan fingerprint density at radius 3 is 2.65 bits per heavy atom. The molecule has 0 amide bonds. The van der Waals surface area contributed by atoms with Crippen LogP contribution in [0.5, 0.6) is 5.75 Å². The molecule has 2 aromatic carbocycles. The first kappa shape index (κ1) is 12.7. The number of nitrogens with zero attached hydrogens (tertiary/aromatic N) is 2. The highest BCUT2D eigenvalue weighted by Gasteiger charge is 2.23. The van der Waals surface area contributed by atoms with Gasteiger partial charge in [0.1, 0.15) is 12.4 Å². The lowest BCUT2D eigenvalue weighted by Gasteiger charge is -2.17. The zero-order valence-corrected chi connectivity index (χ0v) is 11.2. The molecule has 0 spiro atoms. The van der Waals surface area contributed by atoms with E-state index in [1.54, 1.807) is 0 Å². The van der Waals surface area contributed by atoms with E-state index in [1.807, 2.05) is 18.2 Å².